The molecule has 0 aliphatic carbocycles. The molecule has 15 heavy (non-hydrogen) atoms. The first-order valence-corrected chi connectivity index (χ1v) is 4.79. The van der Waals surface area contributed by atoms with Crippen molar-refractivity contribution in [1.29, 1.82) is 0 Å². The number of hydrogen-bond donors (Lipinski definition) is 2. The molecule has 1 aromatic rings. The maximum Gasteiger partial charge on any atom is 0.257 e. The zero-order valence-corrected chi connectivity index (χ0v) is 8.14. The highest BCUT2D eigenvalue weighted by Gasteiger charge is 2.33. The average Bonchev–Trinajstić information content (AvgIpc) is 2.88. The topological polar surface area (TPSA) is 92.1 Å². The van der Waals surface area contributed by atoms with Crippen molar-refractivity contribution in [1.82, 2.24) is 15.1 Å². The summed E-state index contributed by atoms with van der Waals surface area (Å²) in [5.74, 6) is -0.630. The Morgan fingerprint density at radius 3 is 3.00 bits per heavy atom. The Morgan fingerprint density at radius 1 is 1.60 bits per heavy atom. The Balaban J connectivity index is 2.17. The van der Waals surface area contributed by atoms with Crippen LogP contribution in [-0.4, -0.2) is 39.5 Å². The minimum absolute atomic E-state index is 0.190. The van der Waals surface area contributed by atoms with Crippen LogP contribution in [0.2, 0.25) is 0 Å². The number of primary amides is 1. The van der Waals surface area contributed by atoms with E-state index in [1.54, 1.807) is 0 Å². The van der Waals surface area contributed by atoms with Gasteiger partial charge in [0.1, 0.15) is 6.04 Å². The molecule has 2 amide bonds. The first kappa shape index (κ1) is 9.70. The van der Waals surface area contributed by atoms with Crippen LogP contribution in [0.25, 0.3) is 0 Å². The third-order valence-corrected chi connectivity index (χ3v) is 2.59. The van der Waals surface area contributed by atoms with Gasteiger partial charge in [0, 0.05) is 12.7 Å². The van der Waals surface area contributed by atoms with E-state index in [2.05, 4.69) is 10.2 Å². The normalized spacial score (nSPS) is 20.5. The van der Waals surface area contributed by atoms with E-state index in [4.69, 9.17) is 5.73 Å². The number of nitrogens with zero attached hydrogens (tertiary/aromatic N) is 2. The summed E-state index contributed by atoms with van der Waals surface area (Å²) in [6.07, 6.45) is 4.42. The summed E-state index contributed by atoms with van der Waals surface area (Å²) in [6.45, 7) is 0.581. The number of H-pyrrole nitrogens is 1. The van der Waals surface area contributed by atoms with E-state index in [1.165, 1.54) is 17.3 Å². The standard InChI is InChI=1S/C9H12N4O2/c10-8(14)7-2-1-3-13(7)9(15)6-4-11-12-5-6/h4-5,7H,1-3H2,(H2,10,14)(H,11,12). The largest absolute Gasteiger partial charge is 0.368 e. The summed E-state index contributed by atoms with van der Waals surface area (Å²) in [6, 6.07) is -0.465. The van der Waals surface area contributed by atoms with Crippen LogP contribution < -0.4 is 5.73 Å². The van der Waals surface area contributed by atoms with Crippen molar-refractivity contribution < 1.29 is 9.59 Å². The molecular weight excluding hydrogens is 196 g/mol. The highest BCUT2D eigenvalue weighted by Crippen LogP contribution is 2.19. The van der Waals surface area contributed by atoms with Gasteiger partial charge in [-0.1, -0.05) is 0 Å². The predicted molar refractivity (Wildman–Crippen MR) is 51.8 cm³/mol. The molecular formula is C9H12N4O2. The van der Waals surface area contributed by atoms with Gasteiger partial charge in [-0.15, -0.1) is 0 Å². The van der Waals surface area contributed by atoms with E-state index in [1.807, 2.05) is 0 Å². The molecule has 6 heteroatoms. The molecule has 1 aliphatic rings. The quantitative estimate of drug-likeness (QED) is 0.686. The number of carbonyl (C=O) groups is 2. The monoisotopic (exact) mass is 208 g/mol. The first-order chi connectivity index (χ1) is 7.20. The molecule has 0 spiro atoms. The Bertz CT molecular complexity index is 373. The molecule has 1 aliphatic heterocycles. The highest BCUT2D eigenvalue weighted by atomic mass is 16.2. The van der Waals surface area contributed by atoms with Gasteiger partial charge in [0.2, 0.25) is 5.91 Å². The van der Waals surface area contributed by atoms with Gasteiger partial charge in [-0.2, -0.15) is 5.10 Å². The number of nitrogens with one attached hydrogen (secondary N) is 1. The van der Waals surface area contributed by atoms with Gasteiger partial charge < -0.3 is 10.6 Å². The van der Waals surface area contributed by atoms with Crippen molar-refractivity contribution in [2.24, 2.45) is 5.73 Å². The second-order valence-corrected chi connectivity index (χ2v) is 3.55. The Kier molecular flexibility index (Phi) is 2.40. The van der Waals surface area contributed by atoms with E-state index in [0.29, 0.717) is 18.5 Å². The first-order valence-electron chi connectivity index (χ1n) is 4.79. The summed E-state index contributed by atoms with van der Waals surface area (Å²) < 4.78 is 0. The molecule has 3 N–H and O–H groups in total. The number of likely N-dealkylation sites (tertiary alicyclic amines) is 1. The second kappa shape index (κ2) is 3.72. The van der Waals surface area contributed by atoms with Gasteiger partial charge in [0.25, 0.3) is 5.91 Å². The van der Waals surface area contributed by atoms with Crippen molar-refractivity contribution in [3.05, 3.63) is 18.0 Å². The Morgan fingerprint density at radius 2 is 2.40 bits per heavy atom. The van der Waals surface area contributed by atoms with Crippen molar-refractivity contribution in [2.75, 3.05) is 6.54 Å². The van der Waals surface area contributed by atoms with Gasteiger partial charge in [-0.3, -0.25) is 14.7 Å². The predicted octanol–water partition coefficient (Wildman–Crippen LogP) is -0.500. The Hall–Kier alpha value is -1.85. The minimum Gasteiger partial charge on any atom is -0.368 e. The maximum absolute atomic E-state index is 11.9. The molecule has 1 saturated heterocycles. The Labute approximate surface area is 86.4 Å². The third-order valence-electron chi connectivity index (χ3n) is 2.59. The zero-order chi connectivity index (χ0) is 10.8. The fourth-order valence-electron chi connectivity index (χ4n) is 1.84. The third kappa shape index (κ3) is 1.70. The van der Waals surface area contributed by atoms with E-state index < -0.39 is 11.9 Å². The molecule has 0 aromatic carbocycles. The van der Waals surface area contributed by atoms with Crippen molar-refractivity contribution in [3.63, 3.8) is 0 Å². The molecule has 0 bridgehead atoms. The van der Waals surface area contributed by atoms with Crippen molar-refractivity contribution >= 4 is 11.8 Å². The highest BCUT2D eigenvalue weighted by molar-refractivity contribution is 5.97. The molecule has 2 rings (SSSR count). The van der Waals surface area contributed by atoms with Crippen LogP contribution in [0, 0.1) is 0 Å². The number of nitrogens with two attached hydrogens (primary N) is 1. The lowest BCUT2D eigenvalue weighted by molar-refractivity contribution is -0.121. The molecule has 1 aromatic heterocycles. The number of rotatable bonds is 2. The van der Waals surface area contributed by atoms with E-state index >= 15 is 0 Å². The lowest BCUT2D eigenvalue weighted by Crippen LogP contribution is -2.43. The summed E-state index contributed by atoms with van der Waals surface area (Å²) in [5.41, 5.74) is 5.68. The summed E-state index contributed by atoms with van der Waals surface area (Å²) >= 11 is 0. The molecule has 1 atom stereocenters. The van der Waals surface area contributed by atoms with E-state index in [0.717, 1.165) is 6.42 Å². The SMILES string of the molecule is NC(=O)C1CCCN1C(=O)c1cn[nH]c1. The molecule has 1 fully saturated rings. The number of aromatic amines is 1. The van der Waals surface area contributed by atoms with Crippen LogP contribution in [0.3, 0.4) is 0 Å². The number of aromatic nitrogens is 2. The van der Waals surface area contributed by atoms with Crippen LogP contribution in [0.1, 0.15) is 23.2 Å². The van der Waals surface area contributed by atoms with Gasteiger partial charge in [0.15, 0.2) is 0 Å². The van der Waals surface area contributed by atoms with Crippen molar-refractivity contribution in [2.45, 2.75) is 18.9 Å². The smallest absolute Gasteiger partial charge is 0.257 e. The van der Waals surface area contributed by atoms with Crippen LogP contribution >= 0.6 is 0 Å². The fraction of sp³-hybridized carbons (Fsp3) is 0.444. The van der Waals surface area contributed by atoms with Crippen LogP contribution in [0.4, 0.5) is 0 Å². The van der Waals surface area contributed by atoms with Crippen molar-refractivity contribution in [3.8, 4) is 0 Å². The molecule has 2 heterocycles. The molecule has 0 saturated carbocycles. The van der Waals surface area contributed by atoms with Crippen LogP contribution in [0.5, 0.6) is 0 Å². The molecule has 6 nitrogen and oxygen atoms in total. The average molecular weight is 208 g/mol. The van der Waals surface area contributed by atoms with E-state index in [-0.39, 0.29) is 5.91 Å². The van der Waals surface area contributed by atoms with Gasteiger partial charge >= 0.3 is 0 Å². The lowest BCUT2D eigenvalue weighted by atomic mass is 10.2. The number of carbonyl (C=O) groups excluding carboxylic acids is 2. The zero-order valence-electron chi connectivity index (χ0n) is 8.14. The van der Waals surface area contributed by atoms with Gasteiger partial charge in [0.05, 0.1) is 11.8 Å². The fourth-order valence-corrected chi connectivity index (χ4v) is 1.84. The lowest BCUT2D eigenvalue weighted by Gasteiger charge is -2.21. The number of amides is 2. The molecule has 80 valence electrons. The number of hydrogen-bond acceptors (Lipinski definition) is 3. The maximum atomic E-state index is 11.9. The summed E-state index contributed by atoms with van der Waals surface area (Å²) in [5, 5.41) is 6.26. The van der Waals surface area contributed by atoms with E-state index in [9.17, 15) is 9.59 Å². The van der Waals surface area contributed by atoms with Crippen LogP contribution in [-0.2, 0) is 4.79 Å². The second-order valence-electron chi connectivity index (χ2n) is 3.55. The summed E-state index contributed by atoms with van der Waals surface area (Å²) in [4.78, 5) is 24.5. The van der Waals surface area contributed by atoms with Gasteiger partial charge in [-0.25, -0.2) is 0 Å². The van der Waals surface area contributed by atoms with Crippen LogP contribution in [0.15, 0.2) is 12.4 Å². The minimum atomic E-state index is -0.465. The van der Waals surface area contributed by atoms with Gasteiger partial charge in [-0.05, 0) is 12.8 Å². The molecule has 0 radical (unpaired) electrons. The molecule has 1 unspecified atom stereocenters. The summed E-state index contributed by atoms with van der Waals surface area (Å²) in [7, 11) is 0.